The van der Waals surface area contributed by atoms with Gasteiger partial charge in [0, 0.05) is 5.56 Å². The van der Waals surface area contributed by atoms with Crippen LogP contribution in [0.1, 0.15) is 33.2 Å². The molecule has 0 N–H and O–H groups in total. The molecule has 2 rings (SSSR count). The van der Waals surface area contributed by atoms with Gasteiger partial charge in [0.15, 0.2) is 5.78 Å². The van der Waals surface area contributed by atoms with Gasteiger partial charge in [0.1, 0.15) is 5.75 Å². The molecule has 0 atom stereocenters. The number of allylic oxidation sites excluding steroid dienone is 1. The van der Waals surface area contributed by atoms with E-state index in [4.69, 9.17) is 4.74 Å². The van der Waals surface area contributed by atoms with Gasteiger partial charge >= 0.3 is 5.97 Å². The molecule has 0 unspecified atom stereocenters. The first kappa shape index (κ1) is 16.5. The van der Waals surface area contributed by atoms with Gasteiger partial charge in [0.05, 0.1) is 19.3 Å². The highest BCUT2D eigenvalue weighted by Crippen LogP contribution is 2.14. The van der Waals surface area contributed by atoms with E-state index in [1.54, 1.807) is 54.6 Å². The maximum Gasteiger partial charge on any atom is 0.337 e. The number of hydrogen-bond acceptors (Lipinski definition) is 4. The first-order chi connectivity index (χ1) is 11.1. The van der Waals surface area contributed by atoms with Crippen LogP contribution >= 0.6 is 0 Å². The molecular formula is C19H18O4. The molecule has 0 aliphatic rings. The molecule has 0 heterocycles. The lowest BCUT2D eigenvalue weighted by molar-refractivity contribution is 0.0600. The van der Waals surface area contributed by atoms with Crippen LogP contribution in [0.15, 0.2) is 54.6 Å². The maximum absolute atomic E-state index is 12.1. The Labute approximate surface area is 135 Å². The molecule has 2 aromatic rings. The van der Waals surface area contributed by atoms with Crippen LogP contribution in [-0.4, -0.2) is 25.5 Å². The van der Waals surface area contributed by atoms with E-state index in [2.05, 4.69) is 4.74 Å². The van der Waals surface area contributed by atoms with Gasteiger partial charge in [-0.25, -0.2) is 4.79 Å². The van der Waals surface area contributed by atoms with E-state index in [0.717, 1.165) is 11.3 Å². The Morgan fingerprint density at radius 2 is 1.57 bits per heavy atom. The van der Waals surface area contributed by atoms with Crippen LogP contribution in [0.4, 0.5) is 0 Å². The fraction of sp³-hybridized carbons (Fsp3) is 0.158. The Kier molecular flexibility index (Phi) is 5.69. The van der Waals surface area contributed by atoms with E-state index < -0.39 is 0 Å². The highest BCUT2D eigenvalue weighted by Gasteiger charge is 2.04. The topological polar surface area (TPSA) is 52.6 Å². The zero-order valence-corrected chi connectivity index (χ0v) is 13.1. The van der Waals surface area contributed by atoms with Crippen molar-refractivity contribution in [1.29, 1.82) is 0 Å². The van der Waals surface area contributed by atoms with Crippen molar-refractivity contribution in [3.05, 3.63) is 71.3 Å². The first-order valence-corrected chi connectivity index (χ1v) is 7.27. The molecular weight excluding hydrogens is 292 g/mol. The summed E-state index contributed by atoms with van der Waals surface area (Å²) in [6.45, 7) is 2.50. The van der Waals surface area contributed by atoms with Gasteiger partial charge in [-0.05, 0) is 55.0 Å². The third-order valence-corrected chi connectivity index (χ3v) is 3.21. The van der Waals surface area contributed by atoms with Crippen molar-refractivity contribution in [3.8, 4) is 5.75 Å². The Hall–Kier alpha value is -2.88. The largest absolute Gasteiger partial charge is 0.494 e. The van der Waals surface area contributed by atoms with Gasteiger partial charge in [-0.15, -0.1) is 0 Å². The normalized spacial score (nSPS) is 10.5. The van der Waals surface area contributed by atoms with Gasteiger partial charge in [0.2, 0.25) is 0 Å². The number of carbonyl (C=O) groups is 2. The second kappa shape index (κ2) is 7.94. The van der Waals surface area contributed by atoms with Crippen molar-refractivity contribution in [1.82, 2.24) is 0 Å². The molecule has 4 nitrogen and oxygen atoms in total. The lowest BCUT2D eigenvalue weighted by Gasteiger charge is -2.03. The molecule has 0 aromatic heterocycles. The van der Waals surface area contributed by atoms with Crippen molar-refractivity contribution in [2.45, 2.75) is 6.92 Å². The van der Waals surface area contributed by atoms with Crippen molar-refractivity contribution in [3.63, 3.8) is 0 Å². The van der Waals surface area contributed by atoms with Gasteiger partial charge in [0.25, 0.3) is 0 Å². The lowest BCUT2D eigenvalue weighted by atomic mass is 10.1. The molecule has 0 bridgehead atoms. The SMILES string of the molecule is CCOc1ccc(C(=O)/C=C\c2ccc(C(=O)OC)cc2)cc1. The summed E-state index contributed by atoms with van der Waals surface area (Å²) in [5.41, 5.74) is 1.90. The van der Waals surface area contributed by atoms with Crippen LogP contribution in [0.2, 0.25) is 0 Å². The highest BCUT2D eigenvalue weighted by atomic mass is 16.5. The summed E-state index contributed by atoms with van der Waals surface area (Å²) in [5.74, 6) is 0.266. The maximum atomic E-state index is 12.1. The molecule has 0 saturated carbocycles. The summed E-state index contributed by atoms with van der Waals surface area (Å²) in [6.07, 6.45) is 3.21. The van der Waals surface area contributed by atoms with Crippen LogP contribution in [-0.2, 0) is 4.74 Å². The molecule has 118 valence electrons. The number of methoxy groups -OCH3 is 1. The van der Waals surface area contributed by atoms with E-state index in [-0.39, 0.29) is 11.8 Å². The van der Waals surface area contributed by atoms with Gasteiger partial charge in [-0.2, -0.15) is 0 Å². The summed E-state index contributed by atoms with van der Waals surface area (Å²) in [5, 5.41) is 0. The summed E-state index contributed by atoms with van der Waals surface area (Å²) >= 11 is 0. The molecule has 0 amide bonds. The van der Waals surface area contributed by atoms with E-state index in [0.29, 0.717) is 17.7 Å². The summed E-state index contributed by atoms with van der Waals surface area (Å²) in [7, 11) is 1.34. The number of rotatable bonds is 6. The van der Waals surface area contributed by atoms with Crippen molar-refractivity contribution < 1.29 is 19.1 Å². The summed E-state index contributed by atoms with van der Waals surface area (Å²) in [4.78, 5) is 23.5. The molecule has 0 radical (unpaired) electrons. The van der Waals surface area contributed by atoms with Crippen LogP contribution in [0.25, 0.3) is 6.08 Å². The molecule has 2 aromatic carbocycles. The zero-order chi connectivity index (χ0) is 16.7. The predicted molar refractivity (Wildman–Crippen MR) is 88.8 cm³/mol. The Bertz CT molecular complexity index is 697. The van der Waals surface area contributed by atoms with E-state index in [1.165, 1.54) is 13.2 Å². The van der Waals surface area contributed by atoms with Crippen LogP contribution in [0.3, 0.4) is 0 Å². The standard InChI is InChI=1S/C19H18O4/c1-3-23-17-11-9-15(10-12-17)18(20)13-6-14-4-7-16(8-5-14)19(21)22-2/h4-13H,3H2,1-2H3/b13-6-. The molecule has 0 aliphatic carbocycles. The average Bonchev–Trinajstić information content (AvgIpc) is 2.60. The number of carbonyl (C=O) groups excluding carboxylic acids is 2. The fourth-order valence-corrected chi connectivity index (χ4v) is 2.00. The van der Waals surface area contributed by atoms with Crippen LogP contribution in [0, 0.1) is 0 Å². The molecule has 23 heavy (non-hydrogen) atoms. The number of ether oxygens (including phenoxy) is 2. The lowest BCUT2D eigenvalue weighted by Crippen LogP contribution is -2.00. The average molecular weight is 310 g/mol. The van der Waals surface area contributed by atoms with Crippen molar-refractivity contribution in [2.75, 3.05) is 13.7 Å². The van der Waals surface area contributed by atoms with Crippen LogP contribution in [0.5, 0.6) is 5.75 Å². The molecule has 0 spiro atoms. The summed E-state index contributed by atoms with van der Waals surface area (Å²) in [6, 6.07) is 13.9. The van der Waals surface area contributed by atoms with Gasteiger partial charge < -0.3 is 9.47 Å². The highest BCUT2D eigenvalue weighted by molar-refractivity contribution is 6.06. The Morgan fingerprint density at radius 3 is 2.13 bits per heavy atom. The Balaban J connectivity index is 2.04. The zero-order valence-electron chi connectivity index (χ0n) is 13.1. The second-order valence-electron chi connectivity index (χ2n) is 4.77. The van der Waals surface area contributed by atoms with Crippen LogP contribution < -0.4 is 4.74 Å². The van der Waals surface area contributed by atoms with Crippen molar-refractivity contribution in [2.24, 2.45) is 0 Å². The summed E-state index contributed by atoms with van der Waals surface area (Å²) < 4.78 is 9.98. The minimum absolute atomic E-state index is 0.0925. The van der Waals surface area contributed by atoms with E-state index in [1.807, 2.05) is 6.92 Å². The quantitative estimate of drug-likeness (QED) is 0.463. The van der Waals surface area contributed by atoms with E-state index in [9.17, 15) is 9.59 Å². The van der Waals surface area contributed by atoms with Crippen molar-refractivity contribution >= 4 is 17.8 Å². The number of hydrogen-bond donors (Lipinski definition) is 0. The van der Waals surface area contributed by atoms with Gasteiger partial charge in [-0.3, -0.25) is 4.79 Å². The molecule has 4 heteroatoms. The minimum Gasteiger partial charge on any atom is -0.494 e. The van der Waals surface area contributed by atoms with E-state index >= 15 is 0 Å². The molecule has 0 saturated heterocycles. The fourth-order valence-electron chi connectivity index (χ4n) is 2.00. The van der Waals surface area contributed by atoms with Gasteiger partial charge in [-0.1, -0.05) is 18.2 Å². The third kappa shape index (κ3) is 4.54. The first-order valence-electron chi connectivity index (χ1n) is 7.27. The monoisotopic (exact) mass is 310 g/mol. The number of benzene rings is 2. The number of ketones is 1. The number of esters is 1. The molecule has 0 fully saturated rings. The Morgan fingerprint density at radius 1 is 0.957 bits per heavy atom. The predicted octanol–water partition coefficient (Wildman–Crippen LogP) is 3.77. The third-order valence-electron chi connectivity index (χ3n) is 3.21. The second-order valence-corrected chi connectivity index (χ2v) is 4.77. The smallest absolute Gasteiger partial charge is 0.337 e. The minimum atomic E-state index is -0.383. The molecule has 0 aliphatic heterocycles.